The molecule has 150 valence electrons. The van der Waals surface area contributed by atoms with Crippen molar-refractivity contribution in [2.75, 3.05) is 26.2 Å². The van der Waals surface area contributed by atoms with E-state index >= 15 is 0 Å². The first-order valence-electron chi connectivity index (χ1n) is 8.88. The standard InChI is InChI=1S/C18H32N4O3.HI/c1-6-11-22(17(23)25-18(3,4)5)12-10-20-16(19-7-2)21-14-15-9-8-13-24-15;/h8-9,13H,6-7,10-12,14H2,1-5H3,(H2,19,20,21);1H. The molecule has 0 aromatic carbocycles. The fourth-order valence-electron chi connectivity index (χ4n) is 2.10. The Hall–Kier alpha value is -1.45. The molecule has 0 spiro atoms. The van der Waals surface area contributed by atoms with Gasteiger partial charge in [-0.3, -0.25) is 0 Å². The Morgan fingerprint density at radius 3 is 2.54 bits per heavy atom. The van der Waals surface area contributed by atoms with Crippen LogP contribution >= 0.6 is 24.0 Å². The molecule has 1 aromatic rings. The van der Waals surface area contributed by atoms with Crippen molar-refractivity contribution < 1.29 is 13.9 Å². The maximum atomic E-state index is 12.2. The van der Waals surface area contributed by atoms with Gasteiger partial charge in [-0.2, -0.15) is 0 Å². The average molecular weight is 480 g/mol. The lowest BCUT2D eigenvalue weighted by atomic mass is 10.2. The van der Waals surface area contributed by atoms with Crippen LogP contribution in [0.25, 0.3) is 0 Å². The Kier molecular flexibility index (Phi) is 12.1. The van der Waals surface area contributed by atoms with Gasteiger partial charge < -0.3 is 24.7 Å². The zero-order valence-corrected chi connectivity index (χ0v) is 18.8. The van der Waals surface area contributed by atoms with E-state index in [9.17, 15) is 4.79 Å². The lowest BCUT2D eigenvalue weighted by molar-refractivity contribution is 0.0253. The highest BCUT2D eigenvalue weighted by molar-refractivity contribution is 14.0. The smallest absolute Gasteiger partial charge is 0.410 e. The number of ether oxygens (including phenoxy) is 1. The Bertz CT molecular complexity index is 527. The second-order valence-corrected chi connectivity index (χ2v) is 6.67. The van der Waals surface area contributed by atoms with Gasteiger partial charge in [-0.1, -0.05) is 6.92 Å². The molecule has 0 fully saturated rings. The van der Waals surface area contributed by atoms with Gasteiger partial charge in [-0.15, -0.1) is 24.0 Å². The number of amides is 1. The van der Waals surface area contributed by atoms with E-state index in [2.05, 4.69) is 15.6 Å². The predicted molar refractivity (Wildman–Crippen MR) is 115 cm³/mol. The van der Waals surface area contributed by atoms with Crippen LogP contribution in [0.5, 0.6) is 0 Å². The van der Waals surface area contributed by atoms with E-state index in [1.165, 1.54) is 0 Å². The van der Waals surface area contributed by atoms with Gasteiger partial charge >= 0.3 is 6.09 Å². The van der Waals surface area contributed by atoms with Crippen molar-refractivity contribution in [1.82, 2.24) is 15.5 Å². The molecule has 1 amide bonds. The average Bonchev–Trinajstić information content (AvgIpc) is 3.03. The van der Waals surface area contributed by atoms with Crippen LogP contribution in [-0.2, 0) is 11.3 Å². The summed E-state index contributed by atoms with van der Waals surface area (Å²) in [7, 11) is 0. The predicted octanol–water partition coefficient (Wildman–Crippen LogP) is 3.60. The van der Waals surface area contributed by atoms with Crippen LogP contribution in [0.4, 0.5) is 4.79 Å². The van der Waals surface area contributed by atoms with E-state index in [-0.39, 0.29) is 30.1 Å². The third-order valence-corrected chi connectivity index (χ3v) is 3.14. The van der Waals surface area contributed by atoms with Gasteiger partial charge in [0.1, 0.15) is 17.9 Å². The van der Waals surface area contributed by atoms with Crippen molar-refractivity contribution in [3.63, 3.8) is 0 Å². The summed E-state index contributed by atoms with van der Waals surface area (Å²) < 4.78 is 10.7. The molecular formula is C18H33IN4O3. The third kappa shape index (κ3) is 10.5. The lowest BCUT2D eigenvalue weighted by Crippen LogP contribution is -2.44. The first-order valence-corrected chi connectivity index (χ1v) is 8.88. The van der Waals surface area contributed by atoms with Crippen LogP contribution in [0.2, 0.25) is 0 Å². The molecule has 0 atom stereocenters. The number of nitrogens with zero attached hydrogens (tertiary/aromatic N) is 2. The van der Waals surface area contributed by atoms with Gasteiger partial charge in [0.2, 0.25) is 0 Å². The van der Waals surface area contributed by atoms with Gasteiger partial charge in [0, 0.05) is 26.2 Å². The van der Waals surface area contributed by atoms with Crippen molar-refractivity contribution in [3.8, 4) is 0 Å². The molecule has 0 aliphatic carbocycles. The van der Waals surface area contributed by atoms with Crippen LogP contribution in [-0.4, -0.2) is 48.7 Å². The molecule has 0 unspecified atom stereocenters. The Morgan fingerprint density at radius 2 is 2.00 bits per heavy atom. The van der Waals surface area contributed by atoms with Gasteiger partial charge in [-0.05, 0) is 46.2 Å². The van der Waals surface area contributed by atoms with Gasteiger partial charge in [0.25, 0.3) is 0 Å². The molecule has 0 aliphatic rings. The van der Waals surface area contributed by atoms with Crippen LogP contribution in [0.3, 0.4) is 0 Å². The van der Waals surface area contributed by atoms with E-state index in [0.29, 0.717) is 32.1 Å². The summed E-state index contributed by atoms with van der Waals surface area (Å²) in [4.78, 5) is 18.4. The summed E-state index contributed by atoms with van der Waals surface area (Å²) in [5.74, 6) is 1.50. The number of carbonyl (C=O) groups excluding carboxylic acids is 1. The zero-order chi connectivity index (χ0) is 18.7. The summed E-state index contributed by atoms with van der Waals surface area (Å²) in [5.41, 5.74) is -0.490. The maximum absolute atomic E-state index is 12.2. The number of hydrogen-bond acceptors (Lipinski definition) is 4. The number of nitrogens with one attached hydrogen (secondary N) is 2. The molecule has 0 saturated heterocycles. The molecule has 1 heterocycles. The first kappa shape index (κ1) is 24.6. The van der Waals surface area contributed by atoms with Gasteiger partial charge in [-0.25, -0.2) is 9.79 Å². The molecule has 0 aliphatic heterocycles. The topological polar surface area (TPSA) is 79.1 Å². The second-order valence-electron chi connectivity index (χ2n) is 6.67. The molecule has 1 rings (SSSR count). The fourth-order valence-corrected chi connectivity index (χ4v) is 2.10. The molecule has 7 nitrogen and oxygen atoms in total. The molecular weight excluding hydrogens is 447 g/mol. The molecule has 8 heteroatoms. The summed E-state index contributed by atoms with van der Waals surface area (Å²) in [6.07, 6.45) is 2.23. The van der Waals surface area contributed by atoms with E-state index in [1.54, 1.807) is 11.2 Å². The molecule has 26 heavy (non-hydrogen) atoms. The molecule has 1 aromatic heterocycles. The number of furan rings is 1. The van der Waals surface area contributed by atoms with E-state index in [4.69, 9.17) is 9.15 Å². The lowest BCUT2D eigenvalue weighted by Gasteiger charge is -2.27. The Labute approximate surface area is 174 Å². The number of halogens is 1. The summed E-state index contributed by atoms with van der Waals surface area (Å²) in [6.45, 7) is 12.7. The number of rotatable bonds is 8. The summed E-state index contributed by atoms with van der Waals surface area (Å²) >= 11 is 0. The second kappa shape index (κ2) is 12.8. The highest BCUT2D eigenvalue weighted by Crippen LogP contribution is 2.10. The Balaban J connectivity index is 0.00000625. The van der Waals surface area contributed by atoms with E-state index in [1.807, 2.05) is 46.8 Å². The number of carbonyl (C=O) groups is 1. The molecule has 0 bridgehead atoms. The zero-order valence-electron chi connectivity index (χ0n) is 16.5. The normalized spacial score (nSPS) is 11.5. The Morgan fingerprint density at radius 1 is 1.27 bits per heavy atom. The highest BCUT2D eigenvalue weighted by atomic mass is 127. The van der Waals surface area contributed by atoms with Crippen molar-refractivity contribution in [2.45, 2.75) is 53.2 Å². The van der Waals surface area contributed by atoms with Crippen molar-refractivity contribution in [2.24, 2.45) is 4.99 Å². The summed E-state index contributed by atoms with van der Waals surface area (Å²) in [6, 6.07) is 3.73. The number of hydrogen-bond donors (Lipinski definition) is 2. The number of aliphatic imine (C=N–C) groups is 1. The minimum atomic E-state index is -0.490. The van der Waals surface area contributed by atoms with Crippen LogP contribution in [0, 0.1) is 0 Å². The molecule has 0 radical (unpaired) electrons. The molecule has 0 saturated carbocycles. The largest absolute Gasteiger partial charge is 0.467 e. The van der Waals surface area contributed by atoms with Gasteiger partial charge in [0.15, 0.2) is 5.96 Å². The summed E-state index contributed by atoms with van der Waals surface area (Å²) in [5, 5.41) is 6.42. The minimum absolute atomic E-state index is 0. The number of guanidine groups is 1. The maximum Gasteiger partial charge on any atom is 0.410 e. The van der Waals surface area contributed by atoms with E-state index in [0.717, 1.165) is 18.7 Å². The SMILES string of the molecule is CCCN(CCNC(=NCc1ccco1)NCC)C(=O)OC(C)(C)C.I. The fraction of sp³-hybridized carbons (Fsp3) is 0.667. The van der Waals surface area contributed by atoms with Crippen molar-refractivity contribution >= 4 is 36.0 Å². The van der Waals surface area contributed by atoms with E-state index < -0.39 is 5.60 Å². The monoisotopic (exact) mass is 480 g/mol. The quantitative estimate of drug-likeness (QED) is 0.338. The molecule has 2 N–H and O–H groups in total. The van der Waals surface area contributed by atoms with Crippen LogP contribution in [0.15, 0.2) is 27.8 Å². The highest BCUT2D eigenvalue weighted by Gasteiger charge is 2.21. The van der Waals surface area contributed by atoms with Crippen molar-refractivity contribution in [3.05, 3.63) is 24.2 Å². The van der Waals surface area contributed by atoms with Crippen LogP contribution in [0.1, 0.15) is 46.8 Å². The van der Waals surface area contributed by atoms with Crippen molar-refractivity contribution in [1.29, 1.82) is 0 Å². The third-order valence-electron chi connectivity index (χ3n) is 3.14. The van der Waals surface area contributed by atoms with Gasteiger partial charge in [0.05, 0.1) is 6.26 Å². The van der Waals surface area contributed by atoms with Crippen LogP contribution < -0.4 is 10.6 Å². The minimum Gasteiger partial charge on any atom is -0.467 e. The first-order chi connectivity index (χ1) is 11.9.